The lowest BCUT2D eigenvalue weighted by Crippen LogP contribution is -2.35. The van der Waals surface area contributed by atoms with E-state index < -0.39 is 5.97 Å². The van der Waals surface area contributed by atoms with Crippen LogP contribution in [0.15, 0.2) is 24.3 Å². The summed E-state index contributed by atoms with van der Waals surface area (Å²) in [7, 11) is 3.86. The number of benzene rings is 1. The van der Waals surface area contributed by atoms with Crippen molar-refractivity contribution >= 4 is 17.6 Å². The van der Waals surface area contributed by atoms with Gasteiger partial charge in [0.25, 0.3) is 5.91 Å². The fourth-order valence-electron chi connectivity index (χ4n) is 2.20. The molecule has 1 N–H and O–H groups in total. The molecular weight excluding hydrogens is 292 g/mol. The highest BCUT2D eigenvalue weighted by atomic mass is 16.5. The molecule has 1 aromatic carbocycles. The highest BCUT2D eigenvalue weighted by Crippen LogP contribution is 2.12. The van der Waals surface area contributed by atoms with Gasteiger partial charge < -0.3 is 15.0 Å². The lowest BCUT2D eigenvalue weighted by atomic mass is 10.1. The molecule has 1 aromatic rings. The standard InChI is InChI=1S/C18H28N2O3/c1-5-6-7-8-14(2)19-17(21)13-23-18(22)15-9-11-16(12-10-15)20(3)4/h9-12,14H,5-8,13H2,1-4H3,(H,19,21)/t14-/m1/s1. The van der Waals surface area contributed by atoms with Gasteiger partial charge in [-0.05, 0) is 37.6 Å². The lowest BCUT2D eigenvalue weighted by molar-refractivity contribution is -0.124. The molecule has 5 heteroatoms. The molecule has 0 aliphatic rings. The topological polar surface area (TPSA) is 58.6 Å². The number of nitrogens with one attached hydrogen (secondary N) is 1. The van der Waals surface area contributed by atoms with Crippen molar-refractivity contribution < 1.29 is 14.3 Å². The highest BCUT2D eigenvalue weighted by Gasteiger charge is 2.12. The van der Waals surface area contributed by atoms with Gasteiger partial charge in [0.2, 0.25) is 0 Å². The number of ether oxygens (including phenoxy) is 1. The Labute approximate surface area is 139 Å². The molecule has 1 atom stereocenters. The van der Waals surface area contributed by atoms with Crippen LogP contribution in [0.3, 0.4) is 0 Å². The van der Waals surface area contributed by atoms with E-state index in [4.69, 9.17) is 4.74 Å². The zero-order chi connectivity index (χ0) is 17.2. The molecule has 0 heterocycles. The predicted molar refractivity (Wildman–Crippen MR) is 92.8 cm³/mol. The molecular formula is C18H28N2O3. The number of carbonyl (C=O) groups excluding carboxylic acids is 2. The molecule has 1 rings (SSSR count). The second-order valence-electron chi connectivity index (χ2n) is 5.98. The van der Waals surface area contributed by atoms with E-state index in [1.165, 1.54) is 0 Å². The van der Waals surface area contributed by atoms with Gasteiger partial charge >= 0.3 is 5.97 Å². The molecule has 5 nitrogen and oxygen atoms in total. The van der Waals surface area contributed by atoms with Crippen LogP contribution in [-0.2, 0) is 9.53 Å². The summed E-state index contributed by atoms with van der Waals surface area (Å²) in [6.45, 7) is 3.87. The van der Waals surface area contributed by atoms with Gasteiger partial charge in [0, 0.05) is 25.8 Å². The molecule has 0 spiro atoms. The van der Waals surface area contributed by atoms with Crippen molar-refractivity contribution in [1.29, 1.82) is 0 Å². The molecule has 0 unspecified atom stereocenters. The Kier molecular flexibility index (Phi) is 8.16. The molecule has 23 heavy (non-hydrogen) atoms. The Morgan fingerprint density at radius 2 is 1.83 bits per heavy atom. The first-order valence-electron chi connectivity index (χ1n) is 8.18. The average Bonchev–Trinajstić information content (AvgIpc) is 2.53. The Hall–Kier alpha value is -2.04. The summed E-state index contributed by atoms with van der Waals surface area (Å²) in [5, 5.41) is 2.85. The van der Waals surface area contributed by atoms with Crippen molar-refractivity contribution in [1.82, 2.24) is 5.32 Å². The first-order chi connectivity index (χ1) is 10.9. The number of hydrogen-bond donors (Lipinski definition) is 1. The van der Waals surface area contributed by atoms with Gasteiger partial charge in [0.15, 0.2) is 6.61 Å². The summed E-state index contributed by atoms with van der Waals surface area (Å²) >= 11 is 0. The van der Waals surface area contributed by atoms with Gasteiger partial charge in [-0.15, -0.1) is 0 Å². The monoisotopic (exact) mass is 320 g/mol. The zero-order valence-electron chi connectivity index (χ0n) is 14.6. The molecule has 0 fully saturated rings. The predicted octanol–water partition coefficient (Wildman–Crippen LogP) is 2.99. The fourth-order valence-corrected chi connectivity index (χ4v) is 2.20. The molecule has 0 bridgehead atoms. The Balaban J connectivity index is 2.36. The molecule has 0 saturated heterocycles. The third-order valence-corrected chi connectivity index (χ3v) is 3.60. The summed E-state index contributed by atoms with van der Waals surface area (Å²) in [5.74, 6) is -0.739. The van der Waals surface area contributed by atoms with E-state index in [0.29, 0.717) is 5.56 Å². The number of amides is 1. The molecule has 128 valence electrons. The number of carbonyl (C=O) groups is 2. The van der Waals surface area contributed by atoms with Crippen molar-refractivity contribution in [2.45, 2.75) is 45.6 Å². The summed E-state index contributed by atoms with van der Waals surface area (Å²) in [6.07, 6.45) is 4.36. The minimum absolute atomic E-state index is 0.104. The van der Waals surface area contributed by atoms with Crippen LogP contribution in [0.1, 0.15) is 49.9 Å². The van der Waals surface area contributed by atoms with Gasteiger partial charge in [-0.25, -0.2) is 4.79 Å². The fraction of sp³-hybridized carbons (Fsp3) is 0.556. The highest BCUT2D eigenvalue weighted by molar-refractivity contribution is 5.91. The van der Waals surface area contributed by atoms with E-state index >= 15 is 0 Å². The van der Waals surface area contributed by atoms with Gasteiger partial charge in [0.1, 0.15) is 0 Å². The van der Waals surface area contributed by atoms with E-state index in [0.717, 1.165) is 31.4 Å². The average molecular weight is 320 g/mol. The summed E-state index contributed by atoms with van der Waals surface area (Å²) < 4.78 is 5.05. The molecule has 0 aromatic heterocycles. The molecule has 0 radical (unpaired) electrons. The van der Waals surface area contributed by atoms with Crippen LogP contribution in [-0.4, -0.2) is 38.6 Å². The van der Waals surface area contributed by atoms with Crippen molar-refractivity contribution in [3.05, 3.63) is 29.8 Å². The largest absolute Gasteiger partial charge is 0.452 e. The second-order valence-corrected chi connectivity index (χ2v) is 5.98. The summed E-state index contributed by atoms with van der Waals surface area (Å²) in [6, 6.07) is 7.18. The van der Waals surface area contributed by atoms with Crippen molar-refractivity contribution in [3.8, 4) is 0 Å². The normalized spacial score (nSPS) is 11.7. The van der Waals surface area contributed by atoms with E-state index in [1.54, 1.807) is 12.1 Å². The second kappa shape index (κ2) is 9.87. The number of esters is 1. The maximum atomic E-state index is 11.9. The number of unbranched alkanes of at least 4 members (excludes halogenated alkanes) is 2. The minimum atomic E-state index is -0.482. The van der Waals surface area contributed by atoms with Crippen LogP contribution in [0.25, 0.3) is 0 Å². The quantitative estimate of drug-likeness (QED) is 0.561. The minimum Gasteiger partial charge on any atom is -0.452 e. The molecule has 1 amide bonds. The number of anilines is 1. The first-order valence-corrected chi connectivity index (χ1v) is 8.18. The Bertz CT molecular complexity index is 497. The van der Waals surface area contributed by atoms with Crippen LogP contribution in [0.5, 0.6) is 0 Å². The van der Waals surface area contributed by atoms with Gasteiger partial charge in [-0.3, -0.25) is 4.79 Å². The third-order valence-electron chi connectivity index (χ3n) is 3.60. The smallest absolute Gasteiger partial charge is 0.338 e. The van der Waals surface area contributed by atoms with Gasteiger partial charge in [0.05, 0.1) is 5.56 Å². The molecule has 0 aliphatic carbocycles. The lowest BCUT2D eigenvalue weighted by Gasteiger charge is -2.14. The number of nitrogens with zero attached hydrogens (tertiary/aromatic N) is 1. The van der Waals surface area contributed by atoms with Crippen molar-refractivity contribution in [2.75, 3.05) is 25.6 Å². The number of rotatable bonds is 9. The van der Waals surface area contributed by atoms with Crippen molar-refractivity contribution in [2.24, 2.45) is 0 Å². The van der Waals surface area contributed by atoms with Crippen molar-refractivity contribution in [3.63, 3.8) is 0 Å². The van der Waals surface area contributed by atoms with Crippen LogP contribution >= 0.6 is 0 Å². The summed E-state index contributed by atoms with van der Waals surface area (Å²) in [5.41, 5.74) is 1.44. The van der Waals surface area contributed by atoms with Crippen LogP contribution in [0.2, 0.25) is 0 Å². The molecule has 0 saturated carbocycles. The van der Waals surface area contributed by atoms with E-state index in [9.17, 15) is 9.59 Å². The van der Waals surface area contributed by atoms with E-state index in [1.807, 2.05) is 38.1 Å². The maximum absolute atomic E-state index is 11.9. The first kappa shape index (κ1) is 19.0. The SMILES string of the molecule is CCCCC[C@@H](C)NC(=O)COC(=O)c1ccc(N(C)C)cc1. The Morgan fingerprint density at radius 3 is 2.39 bits per heavy atom. The number of hydrogen-bond acceptors (Lipinski definition) is 4. The summed E-state index contributed by atoms with van der Waals surface area (Å²) in [4.78, 5) is 25.6. The van der Waals surface area contributed by atoms with Crippen LogP contribution in [0, 0.1) is 0 Å². The van der Waals surface area contributed by atoms with Gasteiger partial charge in [-0.1, -0.05) is 26.2 Å². The van der Waals surface area contributed by atoms with E-state index in [-0.39, 0.29) is 18.6 Å². The third kappa shape index (κ3) is 7.17. The van der Waals surface area contributed by atoms with Gasteiger partial charge in [-0.2, -0.15) is 0 Å². The van der Waals surface area contributed by atoms with Crippen LogP contribution in [0.4, 0.5) is 5.69 Å². The maximum Gasteiger partial charge on any atom is 0.338 e. The Morgan fingerprint density at radius 1 is 1.17 bits per heavy atom. The molecule has 0 aliphatic heterocycles. The van der Waals surface area contributed by atoms with Crippen LogP contribution < -0.4 is 10.2 Å². The van der Waals surface area contributed by atoms with E-state index in [2.05, 4.69) is 12.2 Å². The zero-order valence-corrected chi connectivity index (χ0v) is 14.6.